The number of ether oxygens (including phenoxy) is 1. The van der Waals surface area contributed by atoms with Crippen LogP contribution in [0.25, 0.3) is 11.0 Å². The number of fused-ring (bicyclic) bond motifs is 2. The van der Waals surface area contributed by atoms with E-state index in [0.717, 1.165) is 24.1 Å². The van der Waals surface area contributed by atoms with E-state index in [0.29, 0.717) is 22.5 Å². The van der Waals surface area contributed by atoms with E-state index in [1.807, 2.05) is 24.3 Å². The first-order chi connectivity index (χ1) is 13.6. The van der Waals surface area contributed by atoms with Crippen molar-refractivity contribution in [2.45, 2.75) is 24.8 Å². The molecule has 2 amide bonds. The van der Waals surface area contributed by atoms with Crippen molar-refractivity contribution in [2.24, 2.45) is 0 Å². The predicted octanol–water partition coefficient (Wildman–Crippen LogP) is 1.99. The average molecular weight is 377 g/mol. The molecule has 1 atom stereocenters. The molecule has 28 heavy (non-hydrogen) atoms. The minimum Gasteiger partial charge on any atom is -0.489 e. The Kier molecular flexibility index (Phi) is 3.78. The maximum Gasteiger partial charge on any atom is 0.253 e. The number of H-pyrrole nitrogens is 1. The number of benzene rings is 1. The summed E-state index contributed by atoms with van der Waals surface area (Å²) in [5.41, 5.74) is 3.37. The highest BCUT2D eigenvalue weighted by Gasteiger charge is 2.34. The first-order valence-electron chi connectivity index (χ1n) is 9.26. The second-order valence-corrected chi connectivity index (χ2v) is 7.20. The third kappa shape index (κ3) is 2.77. The quantitative estimate of drug-likeness (QED) is 0.727. The Morgan fingerprint density at radius 3 is 2.96 bits per heavy atom. The van der Waals surface area contributed by atoms with Gasteiger partial charge in [0, 0.05) is 13.0 Å². The fourth-order valence-electron chi connectivity index (χ4n) is 3.54. The number of aromatic nitrogens is 3. The van der Waals surface area contributed by atoms with Gasteiger partial charge in [0.05, 0.1) is 28.7 Å². The number of carbonyl (C=O) groups excluding carboxylic acids is 2. The zero-order valence-electron chi connectivity index (χ0n) is 15.3. The molecule has 8 nitrogen and oxygen atoms in total. The third-order valence-electron chi connectivity index (χ3n) is 5.23. The molecule has 2 aliphatic rings. The highest BCUT2D eigenvalue weighted by molar-refractivity contribution is 6.04. The summed E-state index contributed by atoms with van der Waals surface area (Å²) in [6, 6.07) is 8.30. The molecule has 2 N–H and O–H groups in total. The van der Waals surface area contributed by atoms with Gasteiger partial charge in [0.25, 0.3) is 11.8 Å². The van der Waals surface area contributed by atoms with Gasteiger partial charge in [-0.3, -0.25) is 14.7 Å². The monoisotopic (exact) mass is 377 g/mol. The number of aromatic amines is 1. The summed E-state index contributed by atoms with van der Waals surface area (Å²) in [4.78, 5) is 32.1. The molecule has 0 spiro atoms. The molecular formula is C20H19N5O3. The Morgan fingerprint density at radius 2 is 2.14 bits per heavy atom. The van der Waals surface area contributed by atoms with Crippen molar-refractivity contribution in [3.8, 4) is 5.75 Å². The molecule has 0 bridgehead atoms. The Labute approximate surface area is 160 Å². The number of pyridine rings is 1. The SMILES string of the molecule is CN1C(=O)[C@@H](NC(=O)c2cc3[nH]ncc3nc2C2CC2)COc2ccccc21. The van der Waals surface area contributed by atoms with Crippen LogP contribution < -0.4 is 15.0 Å². The van der Waals surface area contributed by atoms with Crippen LogP contribution in [0.2, 0.25) is 0 Å². The molecular weight excluding hydrogens is 358 g/mol. The minimum absolute atomic E-state index is 0.0738. The first-order valence-corrected chi connectivity index (χ1v) is 9.26. The van der Waals surface area contributed by atoms with Gasteiger partial charge in [-0.2, -0.15) is 5.10 Å². The number of amides is 2. The predicted molar refractivity (Wildman–Crippen MR) is 102 cm³/mol. The number of anilines is 1. The number of carbonyl (C=O) groups is 2. The number of rotatable bonds is 3. The topological polar surface area (TPSA) is 100 Å². The lowest BCUT2D eigenvalue weighted by atomic mass is 10.1. The summed E-state index contributed by atoms with van der Waals surface area (Å²) >= 11 is 0. The molecule has 8 heteroatoms. The third-order valence-corrected chi connectivity index (χ3v) is 5.23. The summed E-state index contributed by atoms with van der Waals surface area (Å²) in [7, 11) is 1.68. The highest BCUT2D eigenvalue weighted by Crippen LogP contribution is 2.41. The summed E-state index contributed by atoms with van der Waals surface area (Å²) in [5.74, 6) is 0.358. The van der Waals surface area contributed by atoms with Gasteiger partial charge in [0.2, 0.25) is 0 Å². The maximum atomic E-state index is 13.1. The van der Waals surface area contributed by atoms with Crippen LogP contribution in [0.3, 0.4) is 0 Å². The number of hydrogen-bond acceptors (Lipinski definition) is 5. The molecule has 0 saturated heterocycles. The Morgan fingerprint density at radius 1 is 1.32 bits per heavy atom. The minimum atomic E-state index is -0.783. The second kappa shape index (κ2) is 6.33. The zero-order valence-corrected chi connectivity index (χ0v) is 15.3. The molecule has 0 radical (unpaired) electrons. The van der Waals surface area contributed by atoms with Gasteiger partial charge in [0.15, 0.2) is 0 Å². The van der Waals surface area contributed by atoms with Crippen LogP contribution in [0.1, 0.15) is 34.8 Å². The molecule has 5 rings (SSSR count). The molecule has 0 unspecified atom stereocenters. The normalized spacial score (nSPS) is 19.1. The molecule has 1 aliphatic carbocycles. The molecule has 3 aromatic rings. The number of hydrogen-bond donors (Lipinski definition) is 2. The van der Waals surface area contributed by atoms with E-state index in [-0.39, 0.29) is 24.3 Å². The van der Waals surface area contributed by atoms with Gasteiger partial charge < -0.3 is 15.0 Å². The van der Waals surface area contributed by atoms with Gasteiger partial charge in [0.1, 0.15) is 23.9 Å². The molecule has 142 valence electrons. The van der Waals surface area contributed by atoms with E-state index in [9.17, 15) is 9.59 Å². The molecule has 1 saturated carbocycles. The zero-order chi connectivity index (χ0) is 19.3. The summed E-state index contributed by atoms with van der Waals surface area (Å²) in [6.07, 6.45) is 3.68. The highest BCUT2D eigenvalue weighted by atomic mass is 16.5. The van der Waals surface area contributed by atoms with E-state index in [1.54, 1.807) is 19.3 Å². The van der Waals surface area contributed by atoms with Gasteiger partial charge >= 0.3 is 0 Å². The van der Waals surface area contributed by atoms with Gasteiger partial charge in [-0.15, -0.1) is 0 Å². The smallest absolute Gasteiger partial charge is 0.253 e. The molecule has 3 heterocycles. The fraction of sp³-hybridized carbons (Fsp3) is 0.300. The number of nitrogens with one attached hydrogen (secondary N) is 2. The molecule has 1 aromatic carbocycles. The first kappa shape index (κ1) is 16.7. The number of nitrogens with zero attached hydrogens (tertiary/aromatic N) is 3. The second-order valence-electron chi connectivity index (χ2n) is 7.20. The van der Waals surface area contributed by atoms with Crippen LogP contribution in [-0.4, -0.2) is 46.7 Å². The van der Waals surface area contributed by atoms with E-state index < -0.39 is 6.04 Å². The molecule has 1 fully saturated rings. The van der Waals surface area contributed by atoms with Crippen molar-refractivity contribution in [1.29, 1.82) is 0 Å². The summed E-state index contributed by atoms with van der Waals surface area (Å²) < 4.78 is 5.78. The van der Waals surface area contributed by atoms with Gasteiger partial charge in [-0.05, 0) is 31.0 Å². The van der Waals surface area contributed by atoms with E-state index in [2.05, 4.69) is 20.5 Å². The number of likely N-dealkylation sites (N-methyl/N-ethyl adjacent to an activating group) is 1. The standard InChI is InChI=1S/C20H19N5O3/c1-25-16-4-2-3-5-17(16)28-10-15(20(25)27)23-19(26)12-8-13-14(9-21-24-13)22-18(12)11-6-7-11/h2-5,8-9,11,15H,6-7,10H2,1H3,(H,21,24)(H,23,26)/t15-/m0/s1. The van der Waals surface area contributed by atoms with Crippen LogP contribution in [0.5, 0.6) is 5.75 Å². The van der Waals surface area contributed by atoms with Crippen molar-refractivity contribution in [3.63, 3.8) is 0 Å². The lowest BCUT2D eigenvalue weighted by molar-refractivity contribution is -0.120. The van der Waals surface area contributed by atoms with Crippen LogP contribution >= 0.6 is 0 Å². The number of para-hydroxylation sites is 2. The largest absolute Gasteiger partial charge is 0.489 e. The average Bonchev–Trinajstić information content (AvgIpc) is 3.47. The van der Waals surface area contributed by atoms with Crippen LogP contribution in [-0.2, 0) is 4.79 Å². The van der Waals surface area contributed by atoms with E-state index in [1.165, 1.54) is 4.90 Å². The lowest BCUT2D eigenvalue weighted by Crippen LogP contribution is -2.49. The van der Waals surface area contributed by atoms with Crippen molar-refractivity contribution in [1.82, 2.24) is 20.5 Å². The van der Waals surface area contributed by atoms with E-state index in [4.69, 9.17) is 4.74 Å². The summed E-state index contributed by atoms with van der Waals surface area (Å²) in [5, 5.41) is 9.69. The van der Waals surface area contributed by atoms with Crippen LogP contribution in [0.4, 0.5) is 5.69 Å². The Hall–Kier alpha value is -3.42. The summed E-state index contributed by atoms with van der Waals surface area (Å²) in [6.45, 7) is 0.0738. The van der Waals surface area contributed by atoms with E-state index >= 15 is 0 Å². The maximum absolute atomic E-state index is 13.1. The van der Waals surface area contributed by atoms with Gasteiger partial charge in [-0.1, -0.05) is 12.1 Å². The van der Waals surface area contributed by atoms with Crippen molar-refractivity contribution < 1.29 is 14.3 Å². The van der Waals surface area contributed by atoms with Gasteiger partial charge in [-0.25, -0.2) is 4.98 Å². The fourth-order valence-corrected chi connectivity index (χ4v) is 3.54. The lowest BCUT2D eigenvalue weighted by Gasteiger charge is -2.20. The van der Waals surface area contributed by atoms with Crippen molar-refractivity contribution in [2.75, 3.05) is 18.6 Å². The molecule has 1 aliphatic heterocycles. The van der Waals surface area contributed by atoms with Crippen molar-refractivity contribution in [3.05, 3.63) is 47.8 Å². The van der Waals surface area contributed by atoms with Crippen LogP contribution in [0.15, 0.2) is 36.5 Å². The Bertz CT molecular complexity index is 1090. The van der Waals surface area contributed by atoms with Crippen molar-refractivity contribution >= 4 is 28.5 Å². The Balaban J connectivity index is 1.44. The van der Waals surface area contributed by atoms with Crippen LogP contribution in [0, 0.1) is 0 Å². The molecule has 2 aromatic heterocycles.